The van der Waals surface area contributed by atoms with Crippen molar-refractivity contribution in [2.45, 2.75) is 44.9 Å². The summed E-state index contributed by atoms with van der Waals surface area (Å²) in [7, 11) is 0. The van der Waals surface area contributed by atoms with Crippen molar-refractivity contribution < 1.29 is 4.79 Å². The Morgan fingerprint density at radius 2 is 1.88 bits per heavy atom. The van der Waals surface area contributed by atoms with Gasteiger partial charge in [-0.2, -0.15) is 0 Å². The molecule has 1 aliphatic rings. The number of amides is 2. The van der Waals surface area contributed by atoms with Crippen LogP contribution in [0.3, 0.4) is 0 Å². The molecule has 1 atom stereocenters. The van der Waals surface area contributed by atoms with E-state index in [0.29, 0.717) is 17.8 Å². The lowest BCUT2D eigenvalue weighted by Crippen LogP contribution is -2.28. The van der Waals surface area contributed by atoms with E-state index in [2.05, 4.69) is 53.5 Å². The molecule has 0 spiro atoms. The molecule has 0 aliphatic heterocycles. The molecule has 0 heterocycles. The molecule has 3 rings (SSSR count). The van der Waals surface area contributed by atoms with Gasteiger partial charge in [-0.05, 0) is 54.2 Å². The Balaban J connectivity index is 1.72. The van der Waals surface area contributed by atoms with Crippen LogP contribution in [0.25, 0.3) is 11.1 Å². The molecular formula is C21H27N3OS. The number of rotatable bonds is 6. The summed E-state index contributed by atoms with van der Waals surface area (Å²) < 4.78 is 3.59. The summed E-state index contributed by atoms with van der Waals surface area (Å²) in [5.74, 6) is 0. The number of hydrogen-bond donors (Lipinski definition) is 3. The summed E-state index contributed by atoms with van der Waals surface area (Å²) >= 11 is 1.82. The van der Waals surface area contributed by atoms with Gasteiger partial charge in [-0.25, -0.2) is 4.79 Å². The number of benzene rings is 2. The van der Waals surface area contributed by atoms with Gasteiger partial charge in [0.1, 0.15) is 0 Å². The van der Waals surface area contributed by atoms with E-state index in [0.717, 1.165) is 24.1 Å². The van der Waals surface area contributed by atoms with Crippen LogP contribution in [0.5, 0.6) is 0 Å². The van der Waals surface area contributed by atoms with Crippen LogP contribution < -0.4 is 15.4 Å². The van der Waals surface area contributed by atoms with Gasteiger partial charge in [0, 0.05) is 23.5 Å². The SMILES string of the molecule is CCNC(=O)Nc1cccc(-c2ccc3c(c2)CC(NSC(C)C)C3)c1. The van der Waals surface area contributed by atoms with Gasteiger partial charge in [0.2, 0.25) is 0 Å². The zero-order chi connectivity index (χ0) is 18.5. The van der Waals surface area contributed by atoms with Crippen LogP contribution in [0, 0.1) is 0 Å². The van der Waals surface area contributed by atoms with Crippen LogP contribution in [0.4, 0.5) is 10.5 Å². The van der Waals surface area contributed by atoms with Crippen molar-refractivity contribution in [1.29, 1.82) is 0 Å². The second-order valence-corrected chi connectivity index (χ2v) is 8.35. The lowest BCUT2D eigenvalue weighted by Gasteiger charge is -2.12. The van der Waals surface area contributed by atoms with E-state index in [4.69, 9.17) is 0 Å². The fourth-order valence-corrected chi connectivity index (χ4v) is 3.86. The Hall–Kier alpha value is -1.98. The highest BCUT2D eigenvalue weighted by atomic mass is 32.2. The van der Waals surface area contributed by atoms with E-state index in [1.807, 2.05) is 37.1 Å². The van der Waals surface area contributed by atoms with E-state index in [1.54, 1.807) is 0 Å². The maximum atomic E-state index is 11.7. The molecule has 26 heavy (non-hydrogen) atoms. The Morgan fingerprint density at radius 1 is 1.12 bits per heavy atom. The van der Waals surface area contributed by atoms with E-state index in [-0.39, 0.29) is 6.03 Å². The molecule has 1 aliphatic carbocycles. The van der Waals surface area contributed by atoms with Gasteiger partial charge in [0.15, 0.2) is 0 Å². The first-order valence-corrected chi connectivity index (χ1v) is 10.1. The summed E-state index contributed by atoms with van der Waals surface area (Å²) in [5, 5.41) is 6.22. The van der Waals surface area contributed by atoms with Crippen LogP contribution in [0.15, 0.2) is 42.5 Å². The first kappa shape index (κ1) is 18.8. The molecule has 3 N–H and O–H groups in total. The molecule has 2 aromatic carbocycles. The molecule has 4 nitrogen and oxygen atoms in total. The van der Waals surface area contributed by atoms with E-state index >= 15 is 0 Å². The van der Waals surface area contributed by atoms with Crippen LogP contribution in [-0.2, 0) is 12.8 Å². The quantitative estimate of drug-likeness (QED) is 0.652. The van der Waals surface area contributed by atoms with Crippen LogP contribution in [-0.4, -0.2) is 23.9 Å². The number of carbonyl (C=O) groups excluding carboxylic acids is 1. The molecule has 5 heteroatoms. The van der Waals surface area contributed by atoms with Gasteiger partial charge in [-0.1, -0.05) is 56.1 Å². The molecule has 0 aromatic heterocycles. The minimum Gasteiger partial charge on any atom is -0.338 e. The Bertz CT molecular complexity index is 776. The number of nitrogens with one attached hydrogen (secondary N) is 3. The predicted molar refractivity (Wildman–Crippen MR) is 112 cm³/mol. The second kappa shape index (κ2) is 8.60. The third-order valence-corrected chi connectivity index (χ3v) is 5.34. The average Bonchev–Trinajstić information content (AvgIpc) is 3.02. The van der Waals surface area contributed by atoms with Crippen LogP contribution >= 0.6 is 11.9 Å². The molecule has 2 amide bonds. The topological polar surface area (TPSA) is 53.2 Å². The smallest absolute Gasteiger partial charge is 0.319 e. The third kappa shape index (κ3) is 4.80. The van der Waals surface area contributed by atoms with E-state index < -0.39 is 0 Å². The highest BCUT2D eigenvalue weighted by Crippen LogP contribution is 2.30. The molecule has 0 bridgehead atoms. The van der Waals surface area contributed by atoms with E-state index in [1.165, 1.54) is 16.7 Å². The van der Waals surface area contributed by atoms with Gasteiger partial charge in [-0.3, -0.25) is 4.72 Å². The van der Waals surface area contributed by atoms with E-state index in [9.17, 15) is 4.79 Å². The van der Waals surface area contributed by atoms with Crippen molar-refractivity contribution in [2.75, 3.05) is 11.9 Å². The monoisotopic (exact) mass is 369 g/mol. The van der Waals surface area contributed by atoms with Gasteiger partial charge < -0.3 is 10.6 Å². The van der Waals surface area contributed by atoms with Crippen molar-refractivity contribution in [3.8, 4) is 11.1 Å². The van der Waals surface area contributed by atoms with Crippen molar-refractivity contribution in [3.05, 3.63) is 53.6 Å². The number of urea groups is 1. The van der Waals surface area contributed by atoms with Gasteiger partial charge in [0.25, 0.3) is 0 Å². The second-order valence-electron chi connectivity index (χ2n) is 6.94. The molecular weight excluding hydrogens is 342 g/mol. The fraction of sp³-hybridized carbons (Fsp3) is 0.381. The molecule has 0 saturated heterocycles. The summed E-state index contributed by atoms with van der Waals surface area (Å²) in [6, 6.07) is 15.1. The molecule has 2 aromatic rings. The summed E-state index contributed by atoms with van der Waals surface area (Å²) in [5.41, 5.74) is 5.98. The standard InChI is InChI=1S/C21H27N3OS/c1-4-22-21(25)23-19-7-5-6-15(11-19)16-8-9-17-12-20(13-18(17)10-16)24-26-14(2)3/h5-11,14,20,24H,4,12-13H2,1-3H3,(H2,22,23,25). The Labute approximate surface area is 160 Å². The first-order valence-electron chi connectivity index (χ1n) is 9.23. The molecule has 0 saturated carbocycles. The summed E-state index contributed by atoms with van der Waals surface area (Å²) in [6.45, 7) is 6.93. The maximum absolute atomic E-state index is 11.7. The average molecular weight is 370 g/mol. The lowest BCUT2D eigenvalue weighted by molar-refractivity contribution is 0.252. The highest BCUT2D eigenvalue weighted by Gasteiger charge is 2.22. The molecule has 138 valence electrons. The third-order valence-electron chi connectivity index (χ3n) is 4.40. The summed E-state index contributed by atoms with van der Waals surface area (Å²) in [4.78, 5) is 11.7. The fourth-order valence-electron chi connectivity index (χ4n) is 3.23. The number of hydrogen-bond acceptors (Lipinski definition) is 3. The molecule has 0 radical (unpaired) electrons. The summed E-state index contributed by atoms with van der Waals surface area (Å²) in [6.07, 6.45) is 2.16. The van der Waals surface area contributed by atoms with Crippen molar-refractivity contribution in [2.24, 2.45) is 0 Å². The van der Waals surface area contributed by atoms with Crippen LogP contribution in [0.2, 0.25) is 0 Å². The minimum absolute atomic E-state index is 0.171. The number of fused-ring (bicyclic) bond motifs is 1. The first-order chi connectivity index (χ1) is 12.5. The zero-order valence-electron chi connectivity index (χ0n) is 15.6. The number of carbonyl (C=O) groups is 1. The normalized spacial score (nSPS) is 15.8. The zero-order valence-corrected chi connectivity index (χ0v) is 16.5. The number of anilines is 1. The van der Waals surface area contributed by atoms with Crippen molar-refractivity contribution in [1.82, 2.24) is 10.0 Å². The minimum atomic E-state index is -0.171. The Kier molecular flexibility index (Phi) is 6.22. The lowest BCUT2D eigenvalue weighted by atomic mass is 10.0. The Morgan fingerprint density at radius 3 is 2.65 bits per heavy atom. The molecule has 0 fully saturated rings. The van der Waals surface area contributed by atoms with Crippen LogP contribution in [0.1, 0.15) is 31.9 Å². The van der Waals surface area contributed by atoms with Crippen molar-refractivity contribution >= 4 is 23.7 Å². The maximum Gasteiger partial charge on any atom is 0.319 e. The van der Waals surface area contributed by atoms with Crippen molar-refractivity contribution in [3.63, 3.8) is 0 Å². The predicted octanol–water partition coefficient (Wildman–Crippen LogP) is 4.61. The molecule has 1 unspecified atom stereocenters. The largest absolute Gasteiger partial charge is 0.338 e. The van der Waals surface area contributed by atoms with Gasteiger partial charge in [0.05, 0.1) is 0 Å². The van der Waals surface area contributed by atoms with Gasteiger partial charge in [-0.15, -0.1) is 0 Å². The van der Waals surface area contributed by atoms with Gasteiger partial charge >= 0.3 is 6.03 Å². The highest BCUT2D eigenvalue weighted by molar-refractivity contribution is 7.98.